The van der Waals surface area contributed by atoms with E-state index in [0.29, 0.717) is 53.3 Å². The Kier molecular flexibility index (Phi) is 7.47. The highest BCUT2D eigenvalue weighted by molar-refractivity contribution is 5.68. The number of nitrogens with one attached hydrogen (secondary N) is 2. The van der Waals surface area contributed by atoms with Crippen molar-refractivity contribution in [1.29, 1.82) is 10.5 Å². The Labute approximate surface area is 198 Å². The van der Waals surface area contributed by atoms with E-state index in [0.717, 1.165) is 0 Å². The van der Waals surface area contributed by atoms with Gasteiger partial charge in [-0.15, -0.1) is 0 Å². The minimum absolute atomic E-state index is 0.0446. The third-order valence-corrected chi connectivity index (χ3v) is 5.14. The highest BCUT2D eigenvalue weighted by Crippen LogP contribution is 2.40. The van der Waals surface area contributed by atoms with Gasteiger partial charge >= 0.3 is 6.09 Å². The monoisotopic (exact) mass is 466 g/mol. The van der Waals surface area contributed by atoms with Crippen LogP contribution in [0.25, 0.3) is 0 Å². The van der Waals surface area contributed by atoms with Gasteiger partial charge in [0.2, 0.25) is 0 Å². The molecule has 1 amide bonds. The van der Waals surface area contributed by atoms with E-state index in [2.05, 4.69) is 22.8 Å². The highest BCUT2D eigenvalue weighted by Gasteiger charge is 2.27. The standard InChI is InChI=1S/C25H27FN4O4/c1-25(2,3)34-24(31)29-14-16-10-17(8-7-15(16)12-27)30-20(13-28)19-11-21(32-4)23-18(22(19)26)6-5-9-33-23/h7-8,10-11,20,30H,5-6,9,14H2,1-4H3,(H,29,31). The third kappa shape index (κ3) is 5.68. The molecule has 34 heavy (non-hydrogen) atoms. The van der Waals surface area contributed by atoms with Gasteiger partial charge in [-0.2, -0.15) is 10.5 Å². The first-order valence-corrected chi connectivity index (χ1v) is 10.8. The Bertz CT molecular complexity index is 1160. The molecule has 1 unspecified atom stereocenters. The lowest BCUT2D eigenvalue weighted by Crippen LogP contribution is -2.32. The van der Waals surface area contributed by atoms with Gasteiger partial charge < -0.3 is 24.8 Å². The van der Waals surface area contributed by atoms with E-state index in [9.17, 15) is 15.3 Å². The number of halogens is 1. The second kappa shape index (κ2) is 10.3. The van der Waals surface area contributed by atoms with Crippen molar-refractivity contribution in [2.75, 3.05) is 19.0 Å². The summed E-state index contributed by atoms with van der Waals surface area (Å²) in [6.45, 7) is 5.78. The molecule has 1 aliphatic heterocycles. The molecule has 9 heteroatoms. The summed E-state index contributed by atoms with van der Waals surface area (Å²) >= 11 is 0. The van der Waals surface area contributed by atoms with Gasteiger partial charge in [-0.05, 0) is 63.4 Å². The molecule has 8 nitrogen and oxygen atoms in total. The fourth-order valence-corrected chi connectivity index (χ4v) is 3.63. The van der Waals surface area contributed by atoms with Crippen molar-refractivity contribution in [2.24, 2.45) is 0 Å². The number of hydrogen-bond acceptors (Lipinski definition) is 7. The lowest BCUT2D eigenvalue weighted by atomic mass is 9.97. The van der Waals surface area contributed by atoms with Gasteiger partial charge in [0.15, 0.2) is 11.5 Å². The first-order valence-electron chi connectivity index (χ1n) is 10.8. The molecular weight excluding hydrogens is 439 g/mol. The Morgan fingerprint density at radius 2 is 2.06 bits per heavy atom. The molecule has 178 valence electrons. The molecule has 0 spiro atoms. The molecule has 2 aromatic carbocycles. The number of amides is 1. The summed E-state index contributed by atoms with van der Waals surface area (Å²) in [6, 6.07) is 9.43. The van der Waals surface area contributed by atoms with E-state index in [1.165, 1.54) is 13.2 Å². The second-order valence-electron chi connectivity index (χ2n) is 8.79. The number of fused-ring (bicyclic) bond motifs is 1. The Morgan fingerprint density at radius 1 is 1.29 bits per heavy atom. The van der Waals surface area contributed by atoms with Crippen LogP contribution in [0, 0.1) is 28.5 Å². The maximum absolute atomic E-state index is 15.3. The zero-order valence-corrected chi connectivity index (χ0v) is 19.6. The van der Waals surface area contributed by atoms with Crippen LogP contribution < -0.4 is 20.1 Å². The van der Waals surface area contributed by atoms with Crippen molar-refractivity contribution in [3.63, 3.8) is 0 Å². The van der Waals surface area contributed by atoms with E-state index in [4.69, 9.17) is 14.2 Å². The maximum Gasteiger partial charge on any atom is 0.407 e. The molecule has 1 aliphatic rings. The molecule has 0 fully saturated rings. The topological polar surface area (TPSA) is 116 Å². The van der Waals surface area contributed by atoms with Crippen molar-refractivity contribution >= 4 is 11.8 Å². The summed E-state index contributed by atoms with van der Waals surface area (Å²) in [4.78, 5) is 12.0. The van der Waals surface area contributed by atoms with E-state index in [-0.39, 0.29) is 12.1 Å². The predicted molar refractivity (Wildman–Crippen MR) is 123 cm³/mol. The number of carbonyl (C=O) groups excluding carboxylic acids is 1. The number of hydrogen-bond donors (Lipinski definition) is 2. The highest BCUT2D eigenvalue weighted by atomic mass is 19.1. The van der Waals surface area contributed by atoms with E-state index in [1.807, 2.05) is 0 Å². The molecule has 0 radical (unpaired) electrons. The normalized spacial score (nSPS) is 13.4. The van der Waals surface area contributed by atoms with Crippen LogP contribution >= 0.6 is 0 Å². The number of rotatable bonds is 6. The quantitative estimate of drug-likeness (QED) is 0.632. The predicted octanol–water partition coefficient (Wildman–Crippen LogP) is 4.73. The number of methoxy groups -OCH3 is 1. The zero-order chi connectivity index (χ0) is 24.9. The van der Waals surface area contributed by atoms with Crippen molar-refractivity contribution in [3.8, 4) is 23.6 Å². The van der Waals surface area contributed by atoms with Crippen molar-refractivity contribution in [2.45, 2.75) is 51.8 Å². The molecule has 0 bridgehead atoms. The van der Waals surface area contributed by atoms with Gasteiger partial charge in [0.25, 0.3) is 0 Å². The van der Waals surface area contributed by atoms with Crippen LogP contribution in [0.2, 0.25) is 0 Å². The van der Waals surface area contributed by atoms with Gasteiger partial charge in [0, 0.05) is 23.4 Å². The van der Waals surface area contributed by atoms with Crippen molar-refractivity contribution < 1.29 is 23.4 Å². The first kappa shape index (κ1) is 24.7. The number of alkyl carbamates (subject to hydrolysis) is 1. The number of ether oxygens (including phenoxy) is 3. The number of carbonyl (C=O) groups is 1. The van der Waals surface area contributed by atoms with Crippen molar-refractivity contribution in [3.05, 3.63) is 52.3 Å². The van der Waals surface area contributed by atoms with Crippen LogP contribution in [0.1, 0.15) is 55.5 Å². The fraction of sp³-hybridized carbons (Fsp3) is 0.400. The summed E-state index contributed by atoms with van der Waals surface area (Å²) in [5, 5.41) is 24.9. The lowest BCUT2D eigenvalue weighted by Gasteiger charge is -2.24. The van der Waals surface area contributed by atoms with Gasteiger partial charge in [-0.1, -0.05) is 0 Å². The van der Waals surface area contributed by atoms with E-state index < -0.39 is 23.6 Å². The van der Waals surface area contributed by atoms with Gasteiger partial charge in [-0.3, -0.25) is 0 Å². The van der Waals surface area contributed by atoms with Gasteiger partial charge in [0.1, 0.15) is 17.5 Å². The number of nitriles is 2. The lowest BCUT2D eigenvalue weighted by molar-refractivity contribution is 0.0523. The summed E-state index contributed by atoms with van der Waals surface area (Å²) < 4.78 is 31.5. The Morgan fingerprint density at radius 3 is 2.71 bits per heavy atom. The van der Waals surface area contributed by atoms with Crippen LogP contribution in [0.3, 0.4) is 0 Å². The molecule has 0 saturated carbocycles. The fourth-order valence-electron chi connectivity index (χ4n) is 3.63. The molecule has 1 heterocycles. The Balaban J connectivity index is 1.86. The van der Waals surface area contributed by atoms with Crippen LogP contribution in [0.15, 0.2) is 24.3 Å². The van der Waals surface area contributed by atoms with Crippen LogP contribution in [-0.2, 0) is 17.7 Å². The van der Waals surface area contributed by atoms with E-state index in [1.54, 1.807) is 39.0 Å². The van der Waals surface area contributed by atoms with Crippen molar-refractivity contribution in [1.82, 2.24) is 5.32 Å². The summed E-state index contributed by atoms with van der Waals surface area (Å²) in [6.07, 6.45) is 0.543. The smallest absolute Gasteiger partial charge is 0.407 e. The molecule has 0 aliphatic carbocycles. The summed E-state index contributed by atoms with van der Waals surface area (Å²) in [5.74, 6) is 0.241. The molecule has 0 saturated heterocycles. The van der Waals surface area contributed by atoms with Crippen LogP contribution in [-0.4, -0.2) is 25.4 Å². The molecule has 0 aromatic heterocycles. The average molecular weight is 467 g/mol. The maximum atomic E-state index is 15.3. The minimum Gasteiger partial charge on any atom is -0.493 e. The SMILES string of the molecule is COc1cc(C(C#N)Nc2ccc(C#N)c(CNC(=O)OC(C)(C)C)c2)c(F)c2c1OCCC2. The number of anilines is 1. The Hall–Kier alpha value is -3.98. The third-order valence-electron chi connectivity index (χ3n) is 5.14. The zero-order valence-electron chi connectivity index (χ0n) is 19.6. The average Bonchev–Trinajstić information content (AvgIpc) is 2.81. The van der Waals surface area contributed by atoms with Crippen LogP contribution in [0.4, 0.5) is 14.9 Å². The van der Waals surface area contributed by atoms with Crippen LogP contribution in [0.5, 0.6) is 11.5 Å². The number of benzene rings is 2. The first-order chi connectivity index (χ1) is 16.2. The summed E-state index contributed by atoms with van der Waals surface area (Å²) in [5.41, 5.74) is 1.24. The minimum atomic E-state index is -1.03. The summed E-state index contributed by atoms with van der Waals surface area (Å²) in [7, 11) is 1.47. The second-order valence-corrected chi connectivity index (χ2v) is 8.79. The van der Waals surface area contributed by atoms with Gasteiger partial charge in [-0.25, -0.2) is 9.18 Å². The molecule has 2 aromatic rings. The largest absolute Gasteiger partial charge is 0.493 e. The molecule has 3 rings (SSSR count). The number of nitrogens with zero attached hydrogens (tertiary/aromatic N) is 2. The molecule has 2 N–H and O–H groups in total. The molecular formula is C25H27FN4O4. The molecule has 1 atom stereocenters. The van der Waals surface area contributed by atoms with E-state index >= 15 is 4.39 Å². The van der Waals surface area contributed by atoms with Gasteiger partial charge in [0.05, 0.1) is 31.4 Å².